The second kappa shape index (κ2) is 5.88. The summed E-state index contributed by atoms with van der Waals surface area (Å²) in [5.41, 5.74) is 2.97. The van der Waals surface area contributed by atoms with E-state index in [9.17, 15) is 4.79 Å². The van der Waals surface area contributed by atoms with E-state index in [-0.39, 0.29) is 5.92 Å². The highest BCUT2D eigenvalue weighted by Gasteiger charge is 2.38. The van der Waals surface area contributed by atoms with Crippen molar-refractivity contribution in [3.8, 4) is 0 Å². The number of rotatable bonds is 2. The highest BCUT2D eigenvalue weighted by molar-refractivity contribution is 5.80. The standard InChI is InChI=1S/C19H24N2O/c22-19(16-7-2-1-3-8-16)21-13-18(14-21)20-11-10-15-6-4-5-9-17(15)12-20/h1-2,4-6,9,16,18H,3,7-8,10-14H2. The molecule has 0 aromatic heterocycles. The van der Waals surface area contributed by atoms with E-state index in [4.69, 9.17) is 0 Å². The number of nitrogens with zero attached hydrogens (tertiary/aromatic N) is 2. The topological polar surface area (TPSA) is 23.6 Å². The molecule has 1 saturated heterocycles. The van der Waals surface area contributed by atoms with E-state index in [1.165, 1.54) is 11.1 Å². The molecule has 2 heterocycles. The predicted octanol–water partition coefficient (Wildman–Crippen LogP) is 2.61. The first-order valence-corrected chi connectivity index (χ1v) is 8.56. The molecule has 0 radical (unpaired) electrons. The average Bonchev–Trinajstić information content (AvgIpc) is 2.54. The van der Waals surface area contributed by atoms with Crippen molar-refractivity contribution in [3.05, 3.63) is 47.5 Å². The Kier molecular flexibility index (Phi) is 3.75. The third-order valence-electron chi connectivity index (χ3n) is 5.47. The molecule has 0 saturated carbocycles. The first kappa shape index (κ1) is 14.0. The van der Waals surface area contributed by atoms with Gasteiger partial charge < -0.3 is 4.90 Å². The van der Waals surface area contributed by atoms with Crippen LogP contribution in [0, 0.1) is 5.92 Å². The van der Waals surface area contributed by atoms with Gasteiger partial charge in [0.05, 0.1) is 0 Å². The van der Waals surface area contributed by atoms with Crippen LogP contribution >= 0.6 is 0 Å². The normalized spacial score (nSPS) is 25.6. The van der Waals surface area contributed by atoms with E-state index in [0.29, 0.717) is 11.9 Å². The molecule has 0 N–H and O–H groups in total. The van der Waals surface area contributed by atoms with E-state index in [2.05, 4.69) is 46.2 Å². The van der Waals surface area contributed by atoms with Gasteiger partial charge in [-0.15, -0.1) is 0 Å². The van der Waals surface area contributed by atoms with Crippen LogP contribution in [0.15, 0.2) is 36.4 Å². The number of allylic oxidation sites excluding steroid dienone is 2. The van der Waals surface area contributed by atoms with Crippen LogP contribution < -0.4 is 0 Å². The lowest BCUT2D eigenvalue weighted by atomic mass is 9.91. The van der Waals surface area contributed by atoms with Gasteiger partial charge in [0.1, 0.15) is 0 Å². The minimum atomic E-state index is 0.244. The molecule has 1 aliphatic carbocycles. The molecule has 3 heteroatoms. The monoisotopic (exact) mass is 296 g/mol. The maximum atomic E-state index is 12.5. The first-order valence-electron chi connectivity index (χ1n) is 8.56. The molecular formula is C19H24N2O. The van der Waals surface area contributed by atoms with Crippen molar-refractivity contribution in [2.24, 2.45) is 5.92 Å². The molecule has 3 nitrogen and oxygen atoms in total. The van der Waals surface area contributed by atoms with Gasteiger partial charge in [0.15, 0.2) is 0 Å². The number of hydrogen-bond acceptors (Lipinski definition) is 2. The summed E-state index contributed by atoms with van der Waals surface area (Å²) >= 11 is 0. The predicted molar refractivity (Wildman–Crippen MR) is 87.4 cm³/mol. The van der Waals surface area contributed by atoms with E-state index >= 15 is 0 Å². The molecule has 0 spiro atoms. The number of fused-ring (bicyclic) bond motifs is 1. The molecule has 1 fully saturated rings. The highest BCUT2D eigenvalue weighted by Crippen LogP contribution is 2.27. The lowest BCUT2D eigenvalue weighted by Gasteiger charge is -2.48. The molecule has 1 amide bonds. The SMILES string of the molecule is O=C(C1CC=CCC1)N1CC(N2CCc3ccccc3C2)C1. The van der Waals surface area contributed by atoms with Gasteiger partial charge in [0, 0.05) is 38.1 Å². The second-order valence-corrected chi connectivity index (χ2v) is 6.87. The number of carbonyl (C=O) groups is 1. The van der Waals surface area contributed by atoms with Crippen molar-refractivity contribution in [1.82, 2.24) is 9.80 Å². The van der Waals surface area contributed by atoms with Crippen LogP contribution in [0.5, 0.6) is 0 Å². The fraction of sp³-hybridized carbons (Fsp3) is 0.526. The summed E-state index contributed by atoms with van der Waals surface area (Å²) in [5, 5.41) is 0. The molecule has 2 aliphatic heterocycles. The molecule has 1 atom stereocenters. The number of hydrogen-bond donors (Lipinski definition) is 0. The Balaban J connectivity index is 1.32. The molecule has 116 valence electrons. The Hall–Kier alpha value is -1.61. The molecule has 1 unspecified atom stereocenters. The van der Waals surface area contributed by atoms with Crippen molar-refractivity contribution < 1.29 is 4.79 Å². The first-order chi connectivity index (χ1) is 10.8. The number of benzene rings is 1. The summed E-state index contributed by atoms with van der Waals surface area (Å²) in [7, 11) is 0. The fourth-order valence-electron chi connectivity index (χ4n) is 3.97. The largest absolute Gasteiger partial charge is 0.339 e. The lowest BCUT2D eigenvalue weighted by Crippen LogP contribution is -2.62. The number of amides is 1. The summed E-state index contributed by atoms with van der Waals surface area (Å²) in [4.78, 5) is 17.1. The Morgan fingerprint density at radius 2 is 1.91 bits per heavy atom. The van der Waals surface area contributed by atoms with Gasteiger partial charge in [-0.1, -0.05) is 36.4 Å². The Labute approximate surface area is 132 Å². The van der Waals surface area contributed by atoms with E-state index in [1.807, 2.05) is 0 Å². The van der Waals surface area contributed by atoms with Gasteiger partial charge in [-0.2, -0.15) is 0 Å². The van der Waals surface area contributed by atoms with Crippen LogP contribution in [0.1, 0.15) is 30.4 Å². The summed E-state index contributed by atoms with van der Waals surface area (Å²) in [5.74, 6) is 0.631. The van der Waals surface area contributed by atoms with E-state index in [1.54, 1.807) is 0 Å². The van der Waals surface area contributed by atoms with Crippen LogP contribution in [0.4, 0.5) is 0 Å². The third kappa shape index (κ3) is 2.58. The van der Waals surface area contributed by atoms with Crippen LogP contribution in [0.3, 0.4) is 0 Å². The zero-order chi connectivity index (χ0) is 14.9. The summed E-state index contributed by atoms with van der Waals surface area (Å²) in [6, 6.07) is 9.33. The molecule has 0 bridgehead atoms. The van der Waals surface area contributed by atoms with Gasteiger partial charge in [-0.25, -0.2) is 0 Å². The summed E-state index contributed by atoms with van der Waals surface area (Å²) in [6.45, 7) is 4.05. The Bertz CT molecular complexity index is 589. The number of likely N-dealkylation sites (tertiary alicyclic amines) is 1. The average molecular weight is 296 g/mol. The van der Waals surface area contributed by atoms with Gasteiger partial charge in [0.25, 0.3) is 0 Å². The fourth-order valence-corrected chi connectivity index (χ4v) is 3.97. The molecular weight excluding hydrogens is 272 g/mol. The van der Waals surface area contributed by atoms with Gasteiger partial charge in [-0.05, 0) is 36.8 Å². The van der Waals surface area contributed by atoms with Crippen molar-refractivity contribution in [3.63, 3.8) is 0 Å². The third-order valence-corrected chi connectivity index (χ3v) is 5.47. The van der Waals surface area contributed by atoms with Crippen molar-refractivity contribution in [2.45, 2.75) is 38.3 Å². The summed E-state index contributed by atoms with van der Waals surface area (Å²) < 4.78 is 0. The minimum Gasteiger partial charge on any atom is -0.339 e. The van der Waals surface area contributed by atoms with E-state index < -0.39 is 0 Å². The zero-order valence-electron chi connectivity index (χ0n) is 13.1. The van der Waals surface area contributed by atoms with Crippen molar-refractivity contribution >= 4 is 5.91 Å². The van der Waals surface area contributed by atoms with Gasteiger partial charge in [0.2, 0.25) is 5.91 Å². The van der Waals surface area contributed by atoms with Gasteiger partial charge in [-0.3, -0.25) is 9.69 Å². The maximum Gasteiger partial charge on any atom is 0.226 e. The molecule has 22 heavy (non-hydrogen) atoms. The molecule has 1 aromatic carbocycles. The quantitative estimate of drug-likeness (QED) is 0.783. The van der Waals surface area contributed by atoms with Crippen molar-refractivity contribution in [1.29, 1.82) is 0 Å². The maximum absolute atomic E-state index is 12.5. The molecule has 3 aliphatic rings. The van der Waals surface area contributed by atoms with E-state index in [0.717, 1.165) is 51.9 Å². The number of carbonyl (C=O) groups excluding carboxylic acids is 1. The Morgan fingerprint density at radius 3 is 2.68 bits per heavy atom. The Morgan fingerprint density at radius 1 is 1.09 bits per heavy atom. The smallest absolute Gasteiger partial charge is 0.226 e. The minimum absolute atomic E-state index is 0.244. The van der Waals surface area contributed by atoms with Crippen LogP contribution in [-0.4, -0.2) is 41.4 Å². The van der Waals surface area contributed by atoms with Crippen LogP contribution in [-0.2, 0) is 17.8 Å². The molecule has 4 rings (SSSR count). The summed E-state index contributed by atoms with van der Waals surface area (Å²) in [6.07, 6.45) is 8.56. The lowest BCUT2D eigenvalue weighted by molar-refractivity contribution is -0.143. The molecule has 1 aromatic rings. The van der Waals surface area contributed by atoms with Gasteiger partial charge >= 0.3 is 0 Å². The zero-order valence-corrected chi connectivity index (χ0v) is 13.1. The van der Waals surface area contributed by atoms with Crippen molar-refractivity contribution in [2.75, 3.05) is 19.6 Å². The second-order valence-electron chi connectivity index (χ2n) is 6.87. The highest BCUT2D eigenvalue weighted by atomic mass is 16.2. The van der Waals surface area contributed by atoms with Crippen LogP contribution in [0.25, 0.3) is 0 Å². The van der Waals surface area contributed by atoms with Crippen LogP contribution in [0.2, 0.25) is 0 Å².